The zero-order valence-corrected chi connectivity index (χ0v) is 13.9. The molecule has 2 aromatic rings. The Morgan fingerprint density at radius 1 is 1.14 bits per heavy atom. The van der Waals surface area contributed by atoms with Crippen LogP contribution < -0.4 is 19.6 Å². The van der Waals surface area contributed by atoms with E-state index >= 15 is 0 Å². The molecule has 0 saturated heterocycles. The highest BCUT2D eigenvalue weighted by Gasteiger charge is 2.14. The van der Waals surface area contributed by atoms with Gasteiger partial charge in [-0.1, -0.05) is 4.49 Å². The predicted molar refractivity (Wildman–Crippen MR) is 86.6 cm³/mol. The van der Waals surface area contributed by atoms with Crippen LogP contribution >= 0.6 is 11.5 Å². The number of hydrogen-bond acceptors (Lipinski definition) is 8. The van der Waals surface area contributed by atoms with Gasteiger partial charge in [0.25, 0.3) is 0 Å². The summed E-state index contributed by atoms with van der Waals surface area (Å²) in [5, 5.41) is 9.09. The summed E-state index contributed by atoms with van der Waals surface area (Å²) < 4.78 is 19.8. The number of methoxy groups -OCH3 is 3. The Morgan fingerprint density at radius 3 is 2.23 bits per heavy atom. The lowest BCUT2D eigenvalue weighted by Crippen LogP contribution is -2.03. The first kappa shape index (κ1) is 16.0. The molecule has 22 heavy (non-hydrogen) atoms. The fraction of sp³-hybridized carbons (Fsp3) is 0.357. The number of aryl methyl sites for hydroxylation is 1. The summed E-state index contributed by atoms with van der Waals surface area (Å²) in [5.41, 5.74) is 5.40. The molecule has 1 aromatic carbocycles. The Labute approximate surface area is 133 Å². The van der Waals surface area contributed by atoms with Gasteiger partial charge in [-0.05, 0) is 26.0 Å². The Hall–Kier alpha value is -2.35. The monoisotopic (exact) mass is 322 g/mol. The summed E-state index contributed by atoms with van der Waals surface area (Å²) in [5.74, 6) is 1.72. The van der Waals surface area contributed by atoms with E-state index in [9.17, 15) is 0 Å². The van der Waals surface area contributed by atoms with Crippen molar-refractivity contribution in [3.8, 4) is 17.2 Å². The molecule has 1 heterocycles. The maximum Gasteiger partial charge on any atom is 0.203 e. The van der Waals surface area contributed by atoms with E-state index in [0.29, 0.717) is 17.2 Å². The summed E-state index contributed by atoms with van der Waals surface area (Å²) in [6, 6.07) is 3.69. The molecule has 0 unspecified atom stereocenters. The van der Waals surface area contributed by atoms with E-state index in [2.05, 4.69) is 20.1 Å². The number of nitrogens with one attached hydrogen (secondary N) is 1. The standard InChI is InChI=1S/C14H18N4O3S/c1-8(15-17-14-9(2)16-18-22-14)10-6-11(19-3)13(21-5)12(7-10)20-4/h6-7,17H,1-5H3. The van der Waals surface area contributed by atoms with Crippen LogP contribution in [0.4, 0.5) is 5.00 Å². The summed E-state index contributed by atoms with van der Waals surface area (Å²) in [7, 11) is 4.73. The highest BCUT2D eigenvalue weighted by Crippen LogP contribution is 2.38. The maximum absolute atomic E-state index is 5.34. The molecule has 0 atom stereocenters. The van der Waals surface area contributed by atoms with Gasteiger partial charge in [0, 0.05) is 17.1 Å². The van der Waals surface area contributed by atoms with Crippen molar-refractivity contribution in [3.63, 3.8) is 0 Å². The number of aromatic nitrogens is 2. The van der Waals surface area contributed by atoms with Crippen LogP contribution in [0.25, 0.3) is 0 Å². The van der Waals surface area contributed by atoms with Crippen LogP contribution in [0.15, 0.2) is 17.2 Å². The quantitative estimate of drug-likeness (QED) is 0.651. The molecule has 118 valence electrons. The van der Waals surface area contributed by atoms with E-state index in [4.69, 9.17) is 14.2 Å². The van der Waals surface area contributed by atoms with Crippen molar-refractivity contribution in [3.05, 3.63) is 23.4 Å². The van der Waals surface area contributed by atoms with Crippen molar-refractivity contribution in [2.75, 3.05) is 26.8 Å². The van der Waals surface area contributed by atoms with Gasteiger partial charge < -0.3 is 14.2 Å². The fourth-order valence-electron chi connectivity index (χ4n) is 1.82. The second-order valence-corrected chi connectivity index (χ2v) is 5.16. The minimum atomic E-state index is 0.553. The van der Waals surface area contributed by atoms with Crippen LogP contribution in [0.3, 0.4) is 0 Å². The van der Waals surface area contributed by atoms with Crippen LogP contribution in [0.5, 0.6) is 17.2 Å². The molecule has 0 aliphatic carbocycles. The van der Waals surface area contributed by atoms with E-state index in [-0.39, 0.29) is 0 Å². The van der Waals surface area contributed by atoms with Gasteiger partial charge in [-0.15, -0.1) is 5.10 Å². The molecule has 0 bridgehead atoms. The molecule has 1 N–H and O–H groups in total. The number of benzene rings is 1. The third-order valence-corrected chi connectivity index (χ3v) is 3.79. The number of hydrazone groups is 1. The molecule has 0 radical (unpaired) electrons. The van der Waals surface area contributed by atoms with Gasteiger partial charge in [0.05, 0.1) is 32.7 Å². The largest absolute Gasteiger partial charge is 0.493 e. The van der Waals surface area contributed by atoms with Crippen LogP contribution in [-0.2, 0) is 0 Å². The molecule has 8 heteroatoms. The van der Waals surface area contributed by atoms with Gasteiger partial charge in [0.1, 0.15) is 0 Å². The lowest BCUT2D eigenvalue weighted by atomic mass is 10.1. The van der Waals surface area contributed by atoms with Gasteiger partial charge in [0.2, 0.25) is 5.75 Å². The van der Waals surface area contributed by atoms with Gasteiger partial charge in [-0.2, -0.15) is 5.10 Å². The van der Waals surface area contributed by atoms with E-state index in [1.807, 2.05) is 26.0 Å². The minimum Gasteiger partial charge on any atom is -0.493 e. The molecule has 0 saturated carbocycles. The first-order chi connectivity index (χ1) is 10.6. The van der Waals surface area contributed by atoms with E-state index in [0.717, 1.165) is 22.0 Å². The number of nitrogens with zero attached hydrogens (tertiary/aromatic N) is 3. The topological polar surface area (TPSA) is 77.9 Å². The molecule has 0 amide bonds. The minimum absolute atomic E-state index is 0.553. The predicted octanol–water partition coefficient (Wildman–Crippen LogP) is 2.71. The van der Waals surface area contributed by atoms with Crippen molar-refractivity contribution >= 4 is 22.2 Å². The van der Waals surface area contributed by atoms with Crippen molar-refractivity contribution in [1.29, 1.82) is 0 Å². The van der Waals surface area contributed by atoms with Crippen molar-refractivity contribution in [2.24, 2.45) is 5.10 Å². The van der Waals surface area contributed by atoms with Crippen molar-refractivity contribution in [1.82, 2.24) is 9.59 Å². The molecule has 0 aliphatic rings. The SMILES string of the molecule is COc1cc(C(C)=NNc2snnc2C)cc(OC)c1OC. The summed E-state index contributed by atoms with van der Waals surface area (Å²) in [6.45, 7) is 3.76. The van der Waals surface area contributed by atoms with Gasteiger partial charge in [-0.25, -0.2) is 0 Å². The molecular weight excluding hydrogens is 304 g/mol. The Morgan fingerprint density at radius 2 is 1.77 bits per heavy atom. The zero-order valence-electron chi connectivity index (χ0n) is 13.1. The lowest BCUT2D eigenvalue weighted by Gasteiger charge is -2.14. The van der Waals surface area contributed by atoms with Crippen LogP contribution in [0.2, 0.25) is 0 Å². The van der Waals surface area contributed by atoms with Crippen molar-refractivity contribution < 1.29 is 14.2 Å². The highest BCUT2D eigenvalue weighted by molar-refractivity contribution is 7.10. The number of rotatable bonds is 6. The average molecular weight is 322 g/mol. The summed E-state index contributed by atoms with van der Waals surface area (Å²) >= 11 is 1.26. The smallest absolute Gasteiger partial charge is 0.203 e. The Kier molecular flexibility index (Phi) is 5.16. The second-order valence-electron chi connectivity index (χ2n) is 4.41. The second kappa shape index (κ2) is 7.08. The fourth-order valence-corrected chi connectivity index (χ4v) is 2.33. The molecular formula is C14H18N4O3S. The number of ether oxygens (including phenoxy) is 3. The van der Waals surface area contributed by atoms with E-state index in [1.54, 1.807) is 21.3 Å². The molecule has 2 rings (SSSR count). The molecule has 0 aliphatic heterocycles. The summed E-state index contributed by atoms with van der Waals surface area (Å²) in [6.07, 6.45) is 0. The number of hydrogen-bond donors (Lipinski definition) is 1. The first-order valence-electron chi connectivity index (χ1n) is 6.50. The zero-order chi connectivity index (χ0) is 16.1. The lowest BCUT2D eigenvalue weighted by molar-refractivity contribution is 0.324. The molecule has 0 spiro atoms. The average Bonchev–Trinajstić information content (AvgIpc) is 2.96. The highest BCUT2D eigenvalue weighted by atomic mass is 32.1. The van der Waals surface area contributed by atoms with Crippen LogP contribution in [0, 0.1) is 6.92 Å². The van der Waals surface area contributed by atoms with Crippen LogP contribution in [-0.4, -0.2) is 36.6 Å². The Balaban J connectivity index is 2.33. The van der Waals surface area contributed by atoms with Gasteiger partial charge in [0.15, 0.2) is 16.5 Å². The maximum atomic E-state index is 5.34. The molecule has 1 aromatic heterocycles. The first-order valence-corrected chi connectivity index (χ1v) is 7.27. The van der Waals surface area contributed by atoms with E-state index in [1.165, 1.54) is 11.5 Å². The third-order valence-electron chi connectivity index (χ3n) is 3.06. The normalized spacial score (nSPS) is 11.2. The van der Waals surface area contributed by atoms with Crippen molar-refractivity contribution in [2.45, 2.75) is 13.8 Å². The Bertz CT molecular complexity index is 659. The van der Waals surface area contributed by atoms with E-state index < -0.39 is 0 Å². The van der Waals surface area contributed by atoms with Crippen LogP contribution in [0.1, 0.15) is 18.2 Å². The molecule has 7 nitrogen and oxygen atoms in total. The van der Waals surface area contributed by atoms with Gasteiger partial charge in [-0.3, -0.25) is 5.43 Å². The summed E-state index contributed by atoms with van der Waals surface area (Å²) in [4.78, 5) is 0. The molecule has 0 fully saturated rings. The number of anilines is 1. The third kappa shape index (κ3) is 3.28. The van der Waals surface area contributed by atoms with Gasteiger partial charge >= 0.3 is 0 Å².